The van der Waals surface area contributed by atoms with E-state index in [4.69, 9.17) is 0 Å². The Hall–Kier alpha value is 1.03. The van der Waals surface area contributed by atoms with E-state index in [0.29, 0.717) is 0 Å². The minimum atomic E-state index is 0. The second-order valence-electron chi connectivity index (χ2n) is 5.31. The van der Waals surface area contributed by atoms with Crippen molar-refractivity contribution in [3.05, 3.63) is 40.8 Å². The van der Waals surface area contributed by atoms with E-state index in [0.717, 1.165) is 5.92 Å². The summed E-state index contributed by atoms with van der Waals surface area (Å²) in [4.78, 5) is 0. The second kappa shape index (κ2) is 7.57. The first-order chi connectivity index (χ1) is 7.68. The standard InChI is InChI=1S/C16H23.Rb/c1-12-9-10-16(14(3)13(12)2)11-15-7-5-4-6-8-15;/h4,9-10,15H,5-8,11H2,1-3H3;/q-1;+1. The molecule has 0 amide bonds. The van der Waals surface area contributed by atoms with Crippen LogP contribution in [-0.4, -0.2) is 0 Å². The molecule has 0 spiro atoms. The van der Waals surface area contributed by atoms with Crippen molar-refractivity contribution in [2.75, 3.05) is 0 Å². The van der Waals surface area contributed by atoms with E-state index in [2.05, 4.69) is 39.3 Å². The minimum absolute atomic E-state index is 0. The van der Waals surface area contributed by atoms with Gasteiger partial charge in [0.25, 0.3) is 0 Å². The van der Waals surface area contributed by atoms with Gasteiger partial charge in [0.15, 0.2) is 0 Å². The molecule has 0 aromatic heterocycles. The van der Waals surface area contributed by atoms with E-state index in [1.165, 1.54) is 48.8 Å². The molecule has 0 atom stereocenters. The van der Waals surface area contributed by atoms with Crippen molar-refractivity contribution >= 4 is 0 Å². The van der Waals surface area contributed by atoms with Gasteiger partial charge in [0.2, 0.25) is 0 Å². The predicted molar refractivity (Wildman–Crippen MR) is 70.6 cm³/mol. The average molecular weight is 301 g/mol. The van der Waals surface area contributed by atoms with Gasteiger partial charge in [-0.1, -0.05) is 25.0 Å². The van der Waals surface area contributed by atoms with Gasteiger partial charge in [-0.3, -0.25) is 0 Å². The Morgan fingerprint density at radius 1 is 1.06 bits per heavy atom. The topological polar surface area (TPSA) is 0 Å². The number of benzene rings is 1. The number of hydrogen-bond acceptors (Lipinski definition) is 0. The molecule has 1 aliphatic rings. The zero-order valence-electron chi connectivity index (χ0n) is 11.8. The quantitative estimate of drug-likeness (QED) is 0.727. The Labute approximate surface area is 155 Å². The van der Waals surface area contributed by atoms with Gasteiger partial charge in [0.1, 0.15) is 0 Å². The zero-order valence-corrected chi connectivity index (χ0v) is 16.8. The first kappa shape index (κ1) is 16.1. The van der Waals surface area contributed by atoms with Crippen LogP contribution in [0.1, 0.15) is 47.9 Å². The number of hydrogen-bond donors (Lipinski definition) is 0. The van der Waals surface area contributed by atoms with Crippen LogP contribution in [-0.2, 0) is 6.42 Å². The Bertz CT molecular complexity index is 362. The van der Waals surface area contributed by atoms with Crippen molar-refractivity contribution in [1.29, 1.82) is 0 Å². The summed E-state index contributed by atoms with van der Waals surface area (Å²) in [5.74, 6) is 0.922. The molecular weight excluding hydrogens is 278 g/mol. The molecule has 1 aliphatic carbocycles. The summed E-state index contributed by atoms with van der Waals surface area (Å²) < 4.78 is 0. The fourth-order valence-corrected chi connectivity index (χ4v) is 2.74. The van der Waals surface area contributed by atoms with Crippen molar-refractivity contribution in [2.24, 2.45) is 5.92 Å². The summed E-state index contributed by atoms with van der Waals surface area (Å²) in [5, 5.41) is 0. The summed E-state index contributed by atoms with van der Waals surface area (Å²) in [7, 11) is 0. The van der Waals surface area contributed by atoms with Crippen molar-refractivity contribution in [3.63, 3.8) is 0 Å². The summed E-state index contributed by atoms with van der Waals surface area (Å²) in [6.07, 6.45) is 9.19. The smallest absolute Gasteiger partial charge is 0.328 e. The molecule has 0 nitrogen and oxygen atoms in total. The predicted octanol–water partition coefficient (Wildman–Crippen LogP) is 1.55. The molecule has 1 saturated carbocycles. The van der Waals surface area contributed by atoms with Crippen molar-refractivity contribution < 1.29 is 58.2 Å². The van der Waals surface area contributed by atoms with Gasteiger partial charge in [-0.05, 0) is 55.4 Å². The van der Waals surface area contributed by atoms with Crippen LogP contribution in [0.15, 0.2) is 12.1 Å². The second-order valence-corrected chi connectivity index (χ2v) is 5.31. The van der Waals surface area contributed by atoms with E-state index in [1.54, 1.807) is 5.56 Å². The molecule has 0 aliphatic heterocycles. The van der Waals surface area contributed by atoms with Crippen LogP contribution in [0.4, 0.5) is 0 Å². The molecule has 0 unspecified atom stereocenters. The maximum atomic E-state index is 2.45. The molecule has 0 heterocycles. The monoisotopic (exact) mass is 300 g/mol. The van der Waals surface area contributed by atoms with Gasteiger partial charge in [-0.2, -0.15) is 12.8 Å². The van der Waals surface area contributed by atoms with E-state index in [1.807, 2.05) is 0 Å². The van der Waals surface area contributed by atoms with Gasteiger partial charge in [-0.25, -0.2) is 0 Å². The fourth-order valence-electron chi connectivity index (χ4n) is 2.74. The molecule has 1 aromatic carbocycles. The van der Waals surface area contributed by atoms with E-state index in [-0.39, 0.29) is 58.2 Å². The molecule has 0 bridgehead atoms. The third-order valence-electron chi connectivity index (χ3n) is 4.24. The van der Waals surface area contributed by atoms with Gasteiger partial charge in [0, 0.05) is 0 Å². The van der Waals surface area contributed by atoms with Crippen molar-refractivity contribution in [2.45, 2.75) is 52.9 Å². The van der Waals surface area contributed by atoms with Gasteiger partial charge in [0.05, 0.1) is 0 Å². The molecule has 88 valence electrons. The summed E-state index contributed by atoms with van der Waals surface area (Å²) >= 11 is 0. The zero-order chi connectivity index (χ0) is 11.5. The number of aryl methyl sites for hydroxylation is 1. The Morgan fingerprint density at radius 2 is 1.71 bits per heavy atom. The van der Waals surface area contributed by atoms with E-state index < -0.39 is 0 Å². The summed E-state index contributed by atoms with van der Waals surface area (Å²) in [5.41, 5.74) is 6.02. The molecule has 1 heteroatoms. The largest absolute Gasteiger partial charge is 1.00 e. The van der Waals surface area contributed by atoms with Crippen LogP contribution >= 0.6 is 0 Å². The van der Waals surface area contributed by atoms with Crippen LogP contribution in [0.5, 0.6) is 0 Å². The maximum Gasteiger partial charge on any atom is 1.00 e. The third kappa shape index (κ3) is 4.26. The molecule has 1 fully saturated rings. The van der Waals surface area contributed by atoms with E-state index >= 15 is 0 Å². The van der Waals surface area contributed by atoms with Gasteiger partial charge in [-0.15, -0.1) is 0 Å². The Kier molecular flexibility index (Phi) is 7.17. The normalized spacial score (nSPS) is 16.6. The van der Waals surface area contributed by atoms with Crippen LogP contribution in [0.25, 0.3) is 0 Å². The Morgan fingerprint density at radius 3 is 2.35 bits per heavy atom. The van der Waals surface area contributed by atoms with Crippen molar-refractivity contribution in [1.82, 2.24) is 0 Å². The first-order valence-corrected chi connectivity index (χ1v) is 6.56. The average Bonchev–Trinajstić information content (AvgIpc) is 2.31. The van der Waals surface area contributed by atoms with E-state index in [9.17, 15) is 0 Å². The molecule has 0 radical (unpaired) electrons. The fraction of sp³-hybridized carbons (Fsp3) is 0.562. The molecule has 17 heavy (non-hydrogen) atoms. The SMILES string of the molecule is Cc1ccc(CC2CC[CH-]CC2)c(C)c1C.[Rb+]. The third-order valence-corrected chi connectivity index (χ3v) is 4.24. The first-order valence-electron chi connectivity index (χ1n) is 6.56. The summed E-state index contributed by atoms with van der Waals surface area (Å²) in [6, 6.07) is 4.63. The van der Waals surface area contributed by atoms with Crippen LogP contribution in [0.2, 0.25) is 0 Å². The molecule has 0 N–H and O–H groups in total. The van der Waals surface area contributed by atoms with Gasteiger partial charge < -0.3 is 6.42 Å². The molecule has 2 rings (SSSR count). The molecule has 1 aromatic rings. The van der Waals surface area contributed by atoms with Crippen LogP contribution in [0, 0.1) is 33.1 Å². The number of rotatable bonds is 2. The Balaban J connectivity index is 0.00000144. The molecule has 0 saturated heterocycles. The van der Waals surface area contributed by atoms with Crippen LogP contribution in [0.3, 0.4) is 0 Å². The maximum absolute atomic E-state index is 2.45. The molecular formula is C16H23Rb. The van der Waals surface area contributed by atoms with Gasteiger partial charge >= 0.3 is 58.2 Å². The van der Waals surface area contributed by atoms with Crippen molar-refractivity contribution in [3.8, 4) is 0 Å². The van der Waals surface area contributed by atoms with Crippen LogP contribution < -0.4 is 58.2 Å². The minimum Gasteiger partial charge on any atom is -0.328 e. The summed E-state index contributed by atoms with van der Waals surface area (Å²) in [6.45, 7) is 6.75.